The molecule has 0 bridgehead atoms. The van der Waals surface area contributed by atoms with Gasteiger partial charge in [-0.05, 0) is 49.1 Å². The molecule has 7 nitrogen and oxygen atoms in total. The van der Waals surface area contributed by atoms with Gasteiger partial charge >= 0.3 is 0 Å². The van der Waals surface area contributed by atoms with Crippen LogP contribution in [0.1, 0.15) is 47.4 Å². The fourth-order valence-corrected chi connectivity index (χ4v) is 4.52. The lowest BCUT2D eigenvalue weighted by atomic mass is 9.73. The Morgan fingerprint density at radius 1 is 1.14 bits per heavy atom. The van der Waals surface area contributed by atoms with Crippen LogP contribution >= 0.6 is 0 Å². The number of nitrogens with zero attached hydrogens (tertiary/aromatic N) is 4. The van der Waals surface area contributed by atoms with E-state index in [-0.39, 0.29) is 23.8 Å². The van der Waals surface area contributed by atoms with Crippen molar-refractivity contribution in [2.24, 2.45) is 5.41 Å². The van der Waals surface area contributed by atoms with Gasteiger partial charge in [-0.25, -0.2) is 4.98 Å². The van der Waals surface area contributed by atoms with Crippen LogP contribution in [0.5, 0.6) is 0 Å². The average Bonchev–Trinajstić information content (AvgIpc) is 2.77. The molecule has 2 aliphatic heterocycles. The fourth-order valence-electron chi connectivity index (χ4n) is 4.52. The van der Waals surface area contributed by atoms with E-state index in [9.17, 15) is 14.7 Å². The number of aliphatic hydroxyl groups is 1. The van der Waals surface area contributed by atoms with E-state index < -0.39 is 0 Å². The van der Waals surface area contributed by atoms with Gasteiger partial charge in [-0.1, -0.05) is 6.07 Å². The topological polar surface area (TPSA) is 86.6 Å². The minimum absolute atomic E-state index is 0.0660. The molecule has 0 aromatic carbocycles. The third-order valence-electron chi connectivity index (χ3n) is 6.01. The van der Waals surface area contributed by atoms with Gasteiger partial charge in [-0.2, -0.15) is 0 Å². The second-order valence-corrected chi connectivity index (χ2v) is 8.11. The molecule has 2 amide bonds. The Morgan fingerprint density at radius 3 is 2.76 bits per heavy atom. The number of rotatable bonds is 4. The van der Waals surface area contributed by atoms with Crippen molar-refractivity contribution < 1.29 is 14.7 Å². The van der Waals surface area contributed by atoms with Crippen molar-refractivity contribution >= 4 is 11.8 Å². The summed E-state index contributed by atoms with van der Waals surface area (Å²) in [6.45, 7) is 2.40. The molecule has 2 aliphatic rings. The molecule has 2 aromatic rings. The standard InChI is InChI=1S/C22H26N4O3/c27-14-18-3-1-4-19(24-18)21(29)25-12-2-8-22(15-25)9-5-20(28)26(16-22)13-17-6-10-23-11-7-17/h1,3-4,6-7,10-11,27H,2,5,8-9,12-16H2/t22-/m0/s1. The van der Waals surface area contributed by atoms with Gasteiger partial charge in [0.2, 0.25) is 5.91 Å². The van der Waals surface area contributed by atoms with Crippen molar-refractivity contribution in [3.63, 3.8) is 0 Å². The summed E-state index contributed by atoms with van der Waals surface area (Å²) in [6.07, 6.45) is 6.75. The minimum atomic E-state index is -0.183. The van der Waals surface area contributed by atoms with Gasteiger partial charge < -0.3 is 14.9 Å². The smallest absolute Gasteiger partial charge is 0.272 e. The lowest BCUT2D eigenvalue weighted by Crippen LogP contribution is -2.54. The van der Waals surface area contributed by atoms with Crippen LogP contribution in [-0.2, 0) is 17.9 Å². The van der Waals surface area contributed by atoms with Crippen LogP contribution < -0.4 is 0 Å². The predicted molar refractivity (Wildman–Crippen MR) is 107 cm³/mol. The van der Waals surface area contributed by atoms with Crippen molar-refractivity contribution in [3.8, 4) is 0 Å². The van der Waals surface area contributed by atoms with Crippen molar-refractivity contribution in [3.05, 3.63) is 59.7 Å². The maximum atomic E-state index is 13.0. The van der Waals surface area contributed by atoms with Crippen molar-refractivity contribution in [2.45, 2.75) is 38.8 Å². The highest BCUT2D eigenvalue weighted by atomic mass is 16.3. The summed E-state index contributed by atoms with van der Waals surface area (Å²) >= 11 is 0. The molecule has 2 fully saturated rings. The molecule has 152 valence electrons. The Balaban J connectivity index is 1.48. The number of aromatic nitrogens is 2. The summed E-state index contributed by atoms with van der Waals surface area (Å²) in [5.41, 5.74) is 1.87. The van der Waals surface area contributed by atoms with Crippen molar-refractivity contribution in [2.75, 3.05) is 19.6 Å². The number of pyridine rings is 2. The van der Waals surface area contributed by atoms with Gasteiger partial charge in [-0.15, -0.1) is 0 Å². The molecular weight excluding hydrogens is 368 g/mol. The monoisotopic (exact) mass is 394 g/mol. The van der Waals surface area contributed by atoms with Gasteiger partial charge in [0.15, 0.2) is 0 Å². The summed E-state index contributed by atoms with van der Waals surface area (Å²) in [5, 5.41) is 9.30. The van der Waals surface area contributed by atoms with Crippen LogP contribution in [0.25, 0.3) is 0 Å². The molecule has 1 N–H and O–H groups in total. The first-order chi connectivity index (χ1) is 14.1. The first kappa shape index (κ1) is 19.5. The molecule has 7 heteroatoms. The number of hydrogen-bond acceptors (Lipinski definition) is 5. The zero-order valence-corrected chi connectivity index (χ0v) is 16.5. The van der Waals surface area contributed by atoms with Crippen LogP contribution in [0.2, 0.25) is 0 Å². The van der Waals surface area contributed by atoms with E-state index in [0.717, 1.165) is 24.8 Å². The molecule has 0 unspecified atom stereocenters. The lowest BCUT2D eigenvalue weighted by molar-refractivity contribution is -0.139. The van der Waals surface area contributed by atoms with Crippen molar-refractivity contribution in [1.82, 2.24) is 19.8 Å². The maximum Gasteiger partial charge on any atom is 0.272 e. The molecule has 2 saturated heterocycles. The van der Waals surface area contributed by atoms with Gasteiger partial charge in [0.1, 0.15) is 5.69 Å². The second-order valence-electron chi connectivity index (χ2n) is 8.11. The Labute approximate surface area is 170 Å². The normalized spacial score (nSPS) is 22.2. The number of carbonyl (C=O) groups excluding carboxylic acids is 2. The Morgan fingerprint density at radius 2 is 1.97 bits per heavy atom. The first-order valence-electron chi connectivity index (χ1n) is 10.1. The number of piperidine rings is 2. The quantitative estimate of drug-likeness (QED) is 0.857. The molecule has 29 heavy (non-hydrogen) atoms. The van der Waals surface area contributed by atoms with E-state index in [1.165, 1.54) is 0 Å². The zero-order chi connectivity index (χ0) is 20.3. The number of hydrogen-bond donors (Lipinski definition) is 1. The summed E-state index contributed by atoms with van der Waals surface area (Å²) in [6, 6.07) is 9.03. The summed E-state index contributed by atoms with van der Waals surface area (Å²) in [5.74, 6) is 0.0742. The van der Waals surface area contributed by atoms with E-state index >= 15 is 0 Å². The average molecular weight is 394 g/mol. The fraction of sp³-hybridized carbons (Fsp3) is 0.455. The predicted octanol–water partition coefficient (Wildman–Crippen LogP) is 2.01. The Bertz CT molecular complexity index is 889. The molecule has 1 spiro atoms. The third kappa shape index (κ3) is 4.29. The highest BCUT2D eigenvalue weighted by Crippen LogP contribution is 2.39. The second kappa shape index (κ2) is 8.29. The Hall–Kier alpha value is -2.80. The van der Waals surface area contributed by atoms with E-state index in [1.54, 1.807) is 30.6 Å². The molecule has 0 aliphatic carbocycles. The molecule has 4 rings (SSSR count). The third-order valence-corrected chi connectivity index (χ3v) is 6.01. The van der Waals surface area contributed by atoms with Gasteiger partial charge in [0.25, 0.3) is 5.91 Å². The van der Waals surface area contributed by atoms with E-state index in [1.807, 2.05) is 21.9 Å². The van der Waals surface area contributed by atoms with E-state index in [2.05, 4.69) is 9.97 Å². The lowest BCUT2D eigenvalue weighted by Gasteiger charge is -2.48. The Kier molecular flexibility index (Phi) is 5.58. The maximum absolute atomic E-state index is 13.0. The van der Waals surface area contributed by atoms with E-state index in [4.69, 9.17) is 0 Å². The largest absolute Gasteiger partial charge is 0.390 e. The number of carbonyl (C=O) groups is 2. The van der Waals surface area contributed by atoms with Gasteiger partial charge in [0.05, 0.1) is 12.3 Å². The van der Waals surface area contributed by atoms with Crippen LogP contribution in [0.4, 0.5) is 0 Å². The number of aliphatic hydroxyl groups excluding tert-OH is 1. The molecule has 2 aromatic heterocycles. The molecule has 1 atom stereocenters. The first-order valence-corrected chi connectivity index (χ1v) is 10.1. The van der Waals surface area contributed by atoms with Crippen molar-refractivity contribution in [1.29, 1.82) is 0 Å². The van der Waals surface area contributed by atoms with Crippen LogP contribution in [0.15, 0.2) is 42.7 Å². The summed E-state index contributed by atoms with van der Waals surface area (Å²) in [4.78, 5) is 37.7. The van der Waals surface area contributed by atoms with Gasteiger partial charge in [0, 0.05) is 50.4 Å². The van der Waals surface area contributed by atoms with Crippen LogP contribution in [-0.4, -0.2) is 56.3 Å². The molecular formula is C22H26N4O3. The highest BCUT2D eigenvalue weighted by molar-refractivity contribution is 5.92. The minimum Gasteiger partial charge on any atom is -0.390 e. The summed E-state index contributed by atoms with van der Waals surface area (Å²) in [7, 11) is 0. The highest BCUT2D eigenvalue weighted by Gasteiger charge is 2.43. The van der Waals surface area contributed by atoms with Crippen LogP contribution in [0, 0.1) is 5.41 Å². The summed E-state index contributed by atoms with van der Waals surface area (Å²) < 4.78 is 0. The molecule has 0 radical (unpaired) electrons. The van der Waals surface area contributed by atoms with Gasteiger partial charge in [-0.3, -0.25) is 14.6 Å². The molecule has 4 heterocycles. The number of likely N-dealkylation sites (tertiary alicyclic amines) is 2. The number of amides is 2. The van der Waals surface area contributed by atoms with Crippen LogP contribution in [0.3, 0.4) is 0 Å². The zero-order valence-electron chi connectivity index (χ0n) is 16.5. The SMILES string of the molecule is O=C1CC[C@]2(CCCN(C(=O)c3cccc(CO)n3)C2)CN1Cc1ccncc1. The van der Waals surface area contributed by atoms with E-state index in [0.29, 0.717) is 44.0 Å². The molecule has 0 saturated carbocycles.